The average Bonchev–Trinajstić information content (AvgIpc) is 2.57. The van der Waals surface area contributed by atoms with Crippen LogP contribution >= 0.6 is 0 Å². The number of anilines is 1. The summed E-state index contributed by atoms with van der Waals surface area (Å²) in [7, 11) is 0. The zero-order valence-electron chi connectivity index (χ0n) is 9.07. The van der Waals surface area contributed by atoms with E-state index in [1.165, 1.54) is 5.56 Å². The Labute approximate surface area is 98.9 Å². The molecule has 0 unspecified atom stereocenters. The lowest BCUT2D eigenvalue weighted by molar-refractivity contribution is 0.804. The number of nitrogens with zero attached hydrogens (tertiary/aromatic N) is 2. The lowest BCUT2D eigenvalue weighted by Crippen LogP contribution is -2.20. The number of rotatable bonds is 0. The zero-order chi connectivity index (χ0) is 11.7. The van der Waals surface area contributed by atoms with Crippen molar-refractivity contribution in [1.82, 2.24) is 10.4 Å². The number of hydrazine groups is 1. The van der Waals surface area contributed by atoms with Crippen molar-refractivity contribution in [3.05, 3.63) is 47.7 Å². The topological polar surface area (TPSA) is 60.7 Å². The van der Waals surface area contributed by atoms with Gasteiger partial charge in [-0.05, 0) is 23.3 Å². The van der Waals surface area contributed by atoms with Crippen LogP contribution < -0.4 is 10.9 Å². The first-order valence-electron chi connectivity index (χ1n) is 5.37. The third-order valence-corrected chi connectivity index (χ3v) is 2.80. The van der Waals surface area contributed by atoms with Crippen LogP contribution in [0.4, 0.5) is 5.82 Å². The van der Waals surface area contributed by atoms with E-state index in [9.17, 15) is 0 Å². The Bertz CT molecular complexity index is 613. The van der Waals surface area contributed by atoms with Crippen LogP contribution in [0.25, 0.3) is 11.1 Å². The molecule has 0 saturated carbocycles. The first-order valence-corrected chi connectivity index (χ1v) is 5.37. The van der Waals surface area contributed by atoms with Crippen molar-refractivity contribution in [2.45, 2.75) is 6.54 Å². The molecule has 2 heterocycles. The summed E-state index contributed by atoms with van der Waals surface area (Å²) in [5.41, 5.74) is 9.92. The SMILES string of the molecule is N#Cc1ccc2c(n1)NNCc1ccccc1-2. The average molecular weight is 222 g/mol. The van der Waals surface area contributed by atoms with E-state index in [0.29, 0.717) is 11.5 Å². The van der Waals surface area contributed by atoms with Crippen LogP contribution in [0.2, 0.25) is 0 Å². The minimum absolute atomic E-state index is 0.414. The van der Waals surface area contributed by atoms with Crippen LogP contribution in [0.3, 0.4) is 0 Å². The lowest BCUT2D eigenvalue weighted by Gasteiger charge is -2.07. The standard InChI is InChI=1S/C13H10N4/c14-7-10-5-6-12-11-4-2-1-3-9(11)8-15-17-13(12)16-10/h1-6,15H,8H2,(H,16,17). The molecular weight excluding hydrogens is 212 g/mol. The van der Waals surface area contributed by atoms with Gasteiger partial charge in [0.25, 0.3) is 0 Å². The Morgan fingerprint density at radius 1 is 1.12 bits per heavy atom. The maximum absolute atomic E-state index is 8.84. The maximum Gasteiger partial charge on any atom is 0.149 e. The van der Waals surface area contributed by atoms with Crippen molar-refractivity contribution in [2.24, 2.45) is 0 Å². The summed E-state index contributed by atoms with van der Waals surface area (Å²) in [6, 6.07) is 13.9. The summed E-state index contributed by atoms with van der Waals surface area (Å²) in [6.07, 6.45) is 0. The van der Waals surface area contributed by atoms with Gasteiger partial charge in [-0.2, -0.15) is 5.26 Å². The highest BCUT2D eigenvalue weighted by Crippen LogP contribution is 2.31. The molecule has 0 atom stereocenters. The number of benzene rings is 1. The molecule has 0 aliphatic carbocycles. The largest absolute Gasteiger partial charge is 0.305 e. The Morgan fingerprint density at radius 2 is 2.00 bits per heavy atom. The first-order chi connectivity index (χ1) is 8.38. The van der Waals surface area contributed by atoms with E-state index in [2.05, 4.69) is 28.0 Å². The smallest absolute Gasteiger partial charge is 0.149 e. The van der Waals surface area contributed by atoms with Crippen molar-refractivity contribution >= 4 is 5.82 Å². The summed E-state index contributed by atoms with van der Waals surface area (Å²) in [6.45, 7) is 0.731. The normalized spacial score (nSPS) is 12.6. The van der Waals surface area contributed by atoms with Gasteiger partial charge in [-0.25, -0.2) is 10.4 Å². The van der Waals surface area contributed by atoms with Crippen LogP contribution in [-0.2, 0) is 6.54 Å². The van der Waals surface area contributed by atoms with E-state index in [4.69, 9.17) is 5.26 Å². The van der Waals surface area contributed by atoms with E-state index in [1.807, 2.05) is 24.3 Å². The molecule has 2 aromatic rings. The van der Waals surface area contributed by atoms with Gasteiger partial charge in [0.15, 0.2) is 0 Å². The molecule has 17 heavy (non-hydrogen) atoms. The van der Waals surface area contributed by atoms with Crippen molar-refractivity contribution in [3.8, 4) is 17.2 Å². The number of nitriles is 1. The van der Waals surface area contributed by atoms with Crippen molar-refractivity contribution in [3.63, 3.8) is 0 Å². The van der Waals surface area contributed by atoms with Crippen LogP contribution in [0.1, 0.15) is 11.3 Å². The molecule has 0 radical (unpaired) electrons. The second kappa shape index (κ2) is 3.89. The Balaban J connectivity index is 2.23. The summed E-state index contributed by atoms with van der Waals surface area (Å²) >= 11 is 0. The number of hydrogen-bond donors (Lipinski definition) is 2. The van der Waals surface area contributed by atoms with Gasteiger partial charge < -0.3 is 5.43 Å². The van der Waals surface area contributed by atoms with Gasteiger partial charge in [-0.3, -0.25) is 0 Å². The third kappa shape index (κ3) is 1.63. The van der Waals surface area contributed by atoms with Crippen LogP contribution in [-0.4, -0.2) is 4.98 Å². The molecule has 0 bridgehead atoms. The van der Waals surface area contributed by atoms with Gasteiger partial charge in [0.05, 0.1) is 0 Å². The number of aromatic nitrogens is 1. The Kier molecular flexibility index (Phi) is 2.25. The molecule has 0 amide bonds. The molecule has 1 aromatic heterocycles. The maximum atomic E-state index is 8.84. The molecule has 0 spiro atoms. The first kappa shape index (κ1) is 9.82. The molecular formula is C13H10N4. The van der Waals surface area contributed by atoms with Gasteiger partial charge in [-0.15, -0.1) is 0 Å². The zero-order valence-corrected chi connectivity index (χ0v) is 9.07. The second-order valence-corrected chi connectivity index (χ2v) is 3.84. The van der Waals surface area contributed by atoms with E-state index in [0.717, 1.165) is 17.7 Å². The van der Waals surface area contributed by atoms with Gasteiger partial charge in [-0.1, -0.05) is 24.3 Å². The molecule has 1 aromatic carbocycles. The van der Waals surface area contributed by atoms with E-state index >= 15 is 0 Å². The number of pyridine rings is 1. The molecule has 82 valence electrons. The van der Waals surface area contributed by atoms with E-state index in [1.54, 1.807) is 6.07 Å². The van der Waals surface area contributed by atoms with Crippen LogP contribution in [0.5, 0.6) is 0 Å². The summed E-state index contributed by atoms with van der Waals surface area (Å²) in [5.74, 6) is 0.703. The lowest BCUT2D eigenvalue weighted by atomic mass is 10.0. The quantitative estimate of drug-likeness (QED) is 0.716. The molecule has 4 heteroatoms. The van der Waals surface area contributed by atoms with E-state index in [-0.39, 0.29) is 0 Å². The highest BCUT2D eigenvalue weighted by Gasteiger charge is 2.14. The van der Waals surface area contributed by atoms with Crippen molar-refractivity contribution in [1.29, 1.82) is 5.26 Å². The molecule has 0 fully saturated rings. The Morgan fingerprint density at radius 3 is 2.88 bits per heavy atom. The fourth-order valence-electron chi connectivity index (χ4n) is 1.99. The minimum atomic E-state index is 0.414. The molecule has 1 aliphatic heterocycles. The van der Waals surface area contributed by atoms with E-state index < -0.39 is 0 Å². The molecule has 2 N–H and O–H groups in total. The molecule has 0 saturated heterocycles. The fourth-order valence-corrected chi connectivity index (χ4v) is 1.99. The Hall–Kier alpha value is -2.38. The van der Waals surface area contributed by atoms with Crippen molar-refractivity contribution < 1.29 is 0 Å². The summed E-state index contributed by atoms with van der Waals surface area (Å²) in [5, 5.41) is 8.84. The van der Waals surface area contributed by atoms with Crippen LogP contribution in [0, 0.1) is 11.3 Å². The molecule has 1 aliphatic rings. The van der Waals surface area contributed by atoms with Gasteiger partial charge in [0, 0.05) is 12.1 Å². The fraction of sp³-hybridized carbons (Fsp3) is 0.0769. The summed E-state index contributed by atoms with van der Waals surface area (Å²) < 4.78 is 0. The number of nitrogens with one attached hydrogen (secondary N) is 2. The summed E-state index contributed by atoms with van der Waals surface area (Å²) in [4.78, 5) is 4.26. The molecule has 4 nitrogen and oxygen atoms in total. The molecule has 3 rings (SSSR count). The predicted molar refractivity (Wildman–Crippen MR) is 64.9 cm³/mol. The van der Waals surface area contributed by atoms with Gasteiger partial charge in [0.2, 0.25) is 0 Å². The van der Waals surface area contributed by atoms with Crippen LogP contribution in [0.15, 0.2) is 36.4 Å². The minimum Gasteiger partial charge on any atom is -0.305 e. The van der Waals surface area contributed by atoms with Gasteiger partial charge >= 0.3 is 0 Å². The predicted octanol–water partition coefficient (Wildman–Crippen LogP) is 2.05. The number of fused-ring (bicyclic) bond motifs is 3. The third-order valence-electron chi connectivity index (χ3n) is 2.80. The highest BCUT2D eigenvalue weighted by molar-refractivity contribution is 5.78. The second-order valence-electron chi connectivity index (χ2n) is 3.84. The van der Waals surface area contributed by atoms with Gasteiger partial charge in [0.1, 0.15) is 17.6 Å². The monoisotopic (exact) mass is 222 g/mol. The number of hydrogen-bond acceptors (Lipinski definition) is 4. The highest BCUT2D eigenvalue weighted by atomic mass is 15.4. The van der Waals surface area contributed by atoms with Crippen molar-refractivity contribution in [2.75, 3.05) is 5.43 Å².